The van der Waals surface area contributed by atoms with Crippen molar-refractivity contribution < 1.29 is 9.59 Å². The first-order valence-electron chi connectivity index (χ1n) is 8.03. The van der Waals surface area contributed by atoms with E-state index in [4.69, 9.17) is 4.99 Å². The van der Waals surface area contributed by atoms with Gasteiger partial charge in [-0.15, -0.1) is 0 Å². The number of ketones is 2. The molecule has 0 amide bonds. The van der Waals surface area contributed by atoms with Crippen LogP contribution in [0, 0.1) is 5.92 Å². The number of fused-ring (bicyclic) bond motifs is 1. The normalized spacial score (nSPS) is 28.1. The molecule has 4 nitrogen and oxygen atoms in total. The SMILES string of the molecule is O=C1CCCC2=C1[C@H](c1ccccn1)C1C(=O)CCCC1=N2. The monoisotopic (exact) mass is 294 g/mol. The minimum Gasteiger partial charge on any atom is -0.299 e. The van der Waals surface area contributed by atoms with E-state index >= 15 is 0 Å². The number of carbonyl (C=O) groups is 2. The summed E-state index contributed by atoms with van der Waals surface area (Å²) in [6, 6.07) is 5.72. The standard InChI is InChI=1S/C18H18N2O2/c21-14-8-3-6-12-16(14)18(11-5-1-2-10-19-11)17-13(20-12)7-4-9-15(17)22/h1-2,5,10,16,18H,3-4,6-9H2/t16?,18-/m1/s1. The minimum absolute atomic E-state index is 0.151. The van der Waals surface area contributed by atoms with Crippen molar-refractivity contribution in [3.05, 3.63) is 41.4 Å². The fourth-order valence-corrected chi connectivity index (χ4v) is 3.98. The molecule has 2 heterocycles. The lowest BCUT2D eigenvalue weighted by Gasteiger charge is -2.37. The van der Waals surface area contributed by atoms with Gasteiger partial charge in [0.25, 0.3) is 0 Å². The molecule has 3 aliphatic rings. The highest BCUT2D eigenvalue weighted by molar-refractivity contribution is 6.12. The maximum absolute atomic E-state index is 12.6. The van der Waals surface area contributed by atoms with Crippen molar-refractivity contribution in [3.63, 3.8) is 0 Å². The van der Waals surface area contributed by atoms with E-state index in [-0.39, 0.29) is 23.4 Å². The van der Waals surface area contributed by atoms with Gasteiger partial charge in [0.05, 0.1) is 5.92 Å². The van der Waals surface area contributed by atoms with E-state index in [1.54, 1.807) is 6.20 Å². The van der Waals surface area contributed by atoms with Crippen LogP contribution in [0.4, 0.5) is 0 Å². The number of carbonyl (C=O) groups excluding carboxylic acids is 2. The van der Waals surface area contributed by atoms with E-state index in [2.05, 4.69) is 4.98 Å². The van der Waals surface area contributed by atoms with Crippen molar-refractivity contribution in [2.24, 2.45) is 10.9 Å². The van der Waals surface area contributed by atoms with Gasteiger partial charge in [0.1, 0.15) is 5.78 Å². The molecule has 1 fully saturated rings. The summed E-state index contributed by atoms with van der Waals surface area (Å²) in [7, 11) is 0. The third-order valence-electron chi connectivity index (χ3n) is 4.92. The van der Waals surface area contributed by atoms with Crippen LogP contribution in [0.3, 0.4) is 0 Å². The lowest BCUT2D eigenvalue weighted by atomic mass is 9.68. The largest absolute Gasteiger partial charge is 0.299 e. The maximum atomic E-state index is 12.6. The predicted molar refractivity (Wildman–Crippen MR) is 82.6 cm³/mol. The van der Waals surface area contributed by atoms with Gasteiger partial charge >= 0.3 is 0 Å². The molecule has 0 aromatic carbocycles. The summed E-state index contributed by atoms with van der Waals surface area (Å²) in [5.41, 5.74) is 3.47. The van der Waals surface area contributed by atoms with Gasteiger partial charge in [-0.1, -0.05) is 6.07 Å². The molecule has 1 saturated carbocycles. The fraction of sp³-hybridized carbons (Fsp3) is 0.444. The molecule has 4 heteroatoms. The first-order chi connectivity index (χ1) is 10.8. The van der Waals surface area contributed by atoms with Crippen LogP contribution in [-0.2, 0) is 9.59 Å². The van der Waals surface area contributed by atoms with Gasteiger partial charge in [0, 0.05) is 47.6 Å². The topological polar surface area (TPSA) is 59.4 Å². The Hall–Kier alpha value is -2.10. The Balaban J connectivity index is 1.90. The molecule has 112 valence electrons. The van der Waals surface area contributed by atoms with Gasteiger partial charge in [0.15, 0.2) is 5.78 Å². The maximum Gasteiger partial charge on any atom is 0.161 e. The molecule has 0 N–H and O–H groups in total. The highest BCUT2D eigenvalue weighted by Crippen LogP contribution is 2.45. The molecule has 0 spiro atoms. The third-order valence-corrected chi connectivity index (χ3v) is 4.92. The van der Waals surface area contributed by atoms with Crippen LogP contribution in [0.1, 0.15) is 50.1 Å². The summed E-state index contributed by atoms with van der Waals surface area (Å²) in [6.45, 7) is 0. The summed E-state index contributed by atoms with van der Waals surface area (Å²) < 4.78 is 0. The van der Waals surface area contributed by atoms with Crippen LogP contribution in [-0.4, -0.2) is 22.3 Å². The van der Waals surface area contributed by atoms with Crippen LogP contribution in [0.25, 0.3) is 0 Å². The van der Waals surface area contributed by atoms with Crippen LogP contribution in [0.15, 0.2) is 40.7 Å². The molecule has 1 aliphatic heterocycles. The second-order valence-electron chi connectivity index (χ2n) is 6.27. The molecule has 0 saturated heterocycles. The molecule has 22 heavy (non-hydrogen) atoms. The Labute approximate surface area is 129 Å². The van der Waals surface area contributed by atoms with E-state index < -0.39 is 0 Å². The first-order valence-corrected chi connectivity index (χ1v) is 8.03. The van der Waals surface area contributed by atoms with Gasteiger partial charge in [0.2, 0.25) is 0 Å². The molecular weight excluding hydrogens is 276 g/mol. The van der Waals surface area contributed by atoms with Crippen LogP contribution >= 0.6 is 0 Å². The van der Waals surface area contributed by atoms with Crippen molar-refractivity contribution in [1.29, 1.82) is 0 Å². The summed E-state index contributed by atoms with van der Waals surface area (Å²) >= 11 is 0. The van der Waals surface area contributed by atoms with Crippen LogP contribution in [0.5, 0.6) is 0 Å². The summed E-state index contributed by atoms with van der Waals surface area (Å²) in [5, 5.41) is 0. The number of hydrogen-bond acceptors (Lipinski definition) is 4. The van der Waals surface area contributed by atoms with E-state index in [9.17, 15) is 9.59 Å². The fourth-order valence-electron chi connectivity index (χ4n) is 3.98. The Kier molecular flexibility index (Phi) is 3.25. The molecule has 1 aromatic heterocycles. The summed E-state index contributed by atoms with van der Waals surface area (Å²) in [6.07, 6.45) is 6.33. The molecule has 1 unspecified atom stereocenters. The molecular formula is C18H18N2O2. The lowest BCUT2D eigenvalue weighted by Crippen LogP contribution is -2.40. The van der Waals surface area contributed by atoms with E-state index in [0.29, 0.717) is 12.8 Å². The van der Waals surface area contributed by atoms with Gasteiger partial charge in [-0.05, 0) is 37.8 Å². The van der Waals surface area contributed by atoms with Crippen molar-refractivity contribution in [3.8, 4) is 0 Å². The first kappa shape index (κ1) is 13.6. The molecule has 1 aromatic rings. The zero-order valence-electron chi connectivity index (χ0n) is 12.4. The number of rotatable bonds is 1. The molecule has 0 radical (unpaired) electrons. The number of hydrogen-bond donors (Lipinski definition) is 0. The minimum atomic E-state index is -0.274. The zero-order chi connectivity index (χ0) is 15.1. The number of Topliss-reactive ketones (excluding diaryl/α,β-unsaturated/α-hetero) is 2. The molecule has 2 atom stereocenters. The Morgan fingerprint density at radius 1 is 0.955 bits per heavy atom. The number of aliphatic imine (C=N–C) groups is 1. The summed E-state index contributed by atoms with van der Waals surface area (Å²) in [4.78, 5) is 34.3. The number of nitrogens with zero attached hydrogens (tertiary/aromatic N) is 2. The highest BCUT2D eigenvalue weighted by atomic mass is 16.1. The number of pyridine rings is 1. The average molecular weight is 294 g/mol. The molecule has 0 bridgehead atoms. The average Bonchev–Trinajstić information content (AvgIpc) is 2.54. The Bertz CT molecular complexity index is 703. The number of aromatic nitrogens is 1. The molecule has 4 rings (SSSR count). The second kappa shape index (κ2) is 5.27. The highest BCUT2D eigenvalue weighted by Gasteiger charge is 2.44. The van der Waals surface area contributed by atoms with Gasteiger partial charge in [-0.3, -0.25) is 19.6 Å². The predicted octanol–water partition coefficient (Wildman–Crippen LogP) is 3.00. The van der Waals surface area contributed by atoms with E-state index in [1.807, 2.05) is 18.2 Å². The second-order valence-corrected chi connectivity index (χ2v) is 6.27. The van der Waals surface area contributed by atoms with Crippen LogP contribution < -0.4 is 0 Å². The smallest absolute Gasteiger partial charge is 0.161 e. The van der Waals surface area contributed by atoms with Crippen molar-refractivity contribution in [2.45, 2.75) is 44.4 Å². The Morgan fingerprint density at radius 3 is 2.64 bits per heavy atom. The van der Waals surface area contributed by atoms with Gasteiger partial charge in [-0.25, -0.2) is 0 Å². The van der Waals surface area contributed by atoms with E-state index in [0.717, 1.165) is 48.4 Å². The van der Waals surface area contributed by atoms with Gasteiger partial charge in [-0.2, -0.15) is 0 Å². The number of allylic oxidation sites excluding steroid dienone is 2. The molecule has 2 aliphatic carbocycles. The third kappa shape index (κ3) is 2.05. The van der Waals surface area contributed by atoms with Crippen molar-refractivity contribution >= 4 is 17.3 Å². The van der Waals surface area contributed by atoms with Crippen LogP contribution in [0.2, 0.25) is 0 Å². The van der Waals surface area contributed by atoms with Crippen molar-refractivity contribution in [2.75, 3.05) is 0 Å². The van der Waals surface area contributed by atoms with E-state index in [1.165, 1.54) is 0 Å². The lowest BCUT2D eigenvalue weighted by molar-refractivity contribution is -0.122. The zero-order valence-corrected chi connectivity index (χ0v) is 12.4. The quantitative estimate of drug-likeness (QED) is 0.800. The Morgan fingerprint density at radius 2 is 1.82 bits per heavy atom. The van der Waals surface area contributed by atoms with Crippen molar-refractivity contribution in [1.82, 2.24) is 4.98 Å². The summed E-state index contributed by atoms with van der Waals surface area (Å²) in [5.74, 6) is -0.127. The van der Waals surface area contributed by atoms with Gasteiger partial charge < -0.3 is 0 Å².